The van der Waals surface area contributed by atoms with Crippen LogP contribution in [0, 0.1) is 0 Å². The van der Waals surface area contributed by atoms with Gasteiger partial charge in [0.2, 0.25) is 5.91 Å². The fourth-order valence-electron chi connectivity index (χ4n) is 2.66. The number of amides is 2. The predicted octanol–water partition coefficient (Wildman–Crippen LogP) is -0.0299. The van der Waals surface area contributed by atoms with Crippen LogP contribution in [0.2, 0.25) is 0 Å². The lowest BCUT2D eigenvalue weighted by atomic mass is 9.94. The summed E-state index contributed by atoms with van der Waals surface area (Å²) >= 11 is 0. The number of aliphatic carboxylic acids is 1. The van der Waals surface area contributed by atoms with E-state index in [1.807, 2.05) is 0 Å². The summed E-state index contributed by atoms with van der Waals surface area (Å²) in [5, 5.41) is 8.86. The molecule has 2 heterocycles. The van der Waals surface area contributed by atoms with E-state index in [1.54, 1.807) is 0 Å². The number of hydrogen-bond donors (Lipinski definition) is 1. The number of ether oxygens (including phenoxy) is 1. The standard InChI is InChI=1S/C11H11F3N2O6/c1-2-22-10(21)16(11(12,13)14)6-4-3-5(17)7(9(19)20)15(4)8(6)18/h4,6-7H,2-3H2,1H3,(H,19,20). The van der Waals surface area contributed by atoms with Crippen molar-refractivity contribution in [2.75, 3.05) is 6.61 Å². The number of halogens is 3. The zero-order valence-corrected chi connectivity index (χ0v) is 11.2. The van der Waals surface area contributed by atoms with Gasteiger partial charge in [-0.05, 0) is 6.92 Å². The van der Waals surface area contributed by atoms with Crippen molar-refractivity contribution in [3.63, 3.8) is 0 Å². The molecule has 0 radical (unpaired) electrons. The molecular formula is C11H11F3N2O6. The van der Waals surface area contributed by atoms with Gasteiger partial charge in [0.25, 0.3) is 0 Å². The van der Waals surface area contributed by atoms with Crippen LogP contribution >= 0.6 is 0 Å². The molecule has 0 bridgehead atoms. The first-order chi connectivity index (χ1) is 10.1. The molecule has 3 unspecified atom stereocenters. The highest BCUT2D eigenvalue weighted by Gasteiger charge is 2.66. The number of nitrogens with zero attached hydrogens (tertiary/aromatic N) is 2. The monoisotopic (exact) mass is 324 g/mol. The quantitative estimate of drug-likeness (QED) is 0.444. The SMILES string of the molecule is CCOC(=O)N(C1C(=O)N2C(C(=O)O)C(=O)CC12)C(F)(F)F. The lowest BCUT2D eigenvalue weighted by molar-refractivity contribution is -0.255. The third-order valence-electron chi connectivity index (χ3n) is 3.47. The molecule has 0 aromatic rings. The molecule has 3 atom stereocenters. The van der Waals surface area contributed by atoms with Crippen LogP contribution in [-0.4, -0.2) is 69.7 Å². The van der Waals surface area contributed by atoms with E-state index >= 15 is 0 Å². The normalized spacial score (nSPS) is 27.3. The second kappa shape index (κ2) is 5.14. The summed E-state index contributed by atoms with van der Waals surface area (Å²) in [5.74, 6) is -3.73. The van der Waals surface area contributed by atoms with Gasteiger partial charge in [-0.1, -0.05) is 0 Å². The van der Waals surface area contributed by atoms with E-state index in [2.05, 4.69) is 4.74 Å². The van der Waals surface area contributed by atoms with Crippen LogP contribution in [0.3, 0.4) is 0 Å². The summed E-state index contributed by atoms with van der Waals surface area (Å²) in [4.78, 5) is 45.7. The van der Waals surface area contributed by atoms with E-state index in [1.165, 1.54) is 6.92 Å². The number of β-lactam (4-membered cyclic amide) rings is 1. The highest BCUT2D eigenvalue weighted by Crippen LogP contribution is 2.40. The zero-order chi connectivity index (χ0) is 16.8. The van der Waals surface area contributed by atoms with Gasteiger partial charge < -0.3 is 14.7 Å². The summed E-state index contributed by atoms with van der Waals surface area (Å²) in [6.07, 6.45) is -7.51. The number of Topliss-reactive ketones (excluding diaryl/α,β-unsaturated/α-hetero) is 1. The van der Waals surface area contributed by atoms with Gasteiger partial charge in [0, 0.05) is 6.42 Å². The third-order valence-corrected chi connectivity index (χ3v) is 3.47. The smallest absolute Gasteiger partial charge is 0.479 e. The summed E-state index contributed by atoms with van der Waals surface area (Å²) in [5.41, 5.74) is 0. The Morgan fingerprint density at radius 1 is 1.41 bits per heavy atom. The second-order valence-electron chi connectivity index (χ2n) is 4.71. The highest BCUT2D eigenvalue weighted by molar-refractivity contribution is 6.12. The Morgan fingerprint density at radius 3 is 2.45 bits per heavy atom. The Balaban J connectivity index is 2.30. The van der Waals surface area contributed by atoms with Crippen molar-refractivity contribution in [2.24, 2.45) is 0 Å². The number of alkyl halides is 3. The van der Waals surface area contributed by atoms with Crippen LogP contribution in [0.1, 0.15) is 13.3 Å². The Labute approximate surface area is 121 Å². The van der Waals surface area contributed by atoms with Gasteiger partial charge in [-0.15, -0.1) is 13.2 Å². The fourth-order valence-corrected chi connectivity index (χ4v) is 2.66. The predicted molar refractivity (Wildman–Crippen MR) is 60.4 cm³/mol. The van der Waals surface area contributed by atoms with Crippen molar-refractivity contribution in [2.45, 2.75) is 37.8 Å². The number of carboxylic acid groups (broad SMARTS) is 1. The molecule has 8 nitrogen and oxygen atoms in total. The van der Waals surface area contributed by atoms with Gasteiger partial charge in [0.15, 0.2) is 11.8 Å². The van der Waals surface area contributed by atoms with Crippen LogP contribution in [0.4, 0.5) is 18.0 Å². The summed E-state index contributed by atoms with van der Waals surface area (Å²) < 4.78 is 43.3. The molecule has 0 spiro atoms. The maximum Gasteiger partial charge on any atom is 0.490 e. The number of carboxylic acids is 1. The molecule has 2 rings (SSSR count). The number of ketones is 1. The Morgan fingerprint density at radius 2 is 2.00 bits per heavy atom. The number of fused-ring (bicyclic) bond motifs is 1. The Hall–Kier alpha value is -2.33. The lowest BCUT2D eigenvalue weighted by Gasteiger charge is -2.47. The van der Waals surface area contributed by atoms with Crippen LogP contribution in [0.25, 0.3) is 0 Å². The maximum atomic E-state index is 13.0. The number of rotatable bonds is 3. The first-order valence-electron chi connectivity index (χ1n) is 6.21. The summed E-state index contributed by atoms with van der Waals surface area (Å²) in [6.45, 7) is 0.957. The molecule has 2 fully saturated rings. The summed E-state index contributed by atoms with van der Waals surface area (Å²) in [6, 6.07) is -5.09. The average molecular weight is 324 g/mol. The van der Waals surface area contributed by atoms with Crippen molar-refractivity contribution in [3.05, 3.63) is 0 Å². The minimum atomic E-state index is -5.19. The molecule has 0 aliphatic carbocycles. The largest absolute Gasteiger partial charge is 0.490 e. The van der Waals surface area contributed by atoms with E-state index in [0.717, 1.165) is 0 Å². The lowest BCUT2D eigenvalue weighted by Crippen LogP contribution is -2.73. The number of carbonyl (C=O) groups excluding carboxylic acids is 3. The van der Waals surface area contributed by atoms with Gasteiger partial charge in [0.1, 0.15) is 6.04 Å². The third kappa shape index (κ3) is 2.25. The average Bonchev–Trinajstić information content (AvgIpc) is 2.68. The molecule has 2 aliphatic heterocycles. The van der Waals surface area contributed by atoms with Crippen molar-refractivity contribution in [1.82, 2.24) is 9.80 Å². The molecule has 0 aromatic heterocycles. The maximum absolute atomic E-state index is 13.0. The molecule has 0 aromatic carbocycles. The minimum Gasteiger partial charge on any atom is -0.479 e. The zero-order valence-electron chi connectivity index (χ0n) is 11.2. The van der Waals surface area contributed by atoms with E-state index in [0.29, 0.717) is 4.90 Å². The summed E-state index contributed by atoms with van der Waals surface area (Å²) in [7, 11) is 0. The van der Waals surface area contributed by atoms with Gasteiger partial charge >= 0.3 is 18.4 Å². The first kappa shape index (κ1) is 16.0. The minimum absolute atomic E-state index is 0.336. The van der Waals surface area contributed by atoms with Gasteiger partial charge in [-0.2, -0.15) is 0 Å². The van der Waals surface area contributed by atoms with E-state index in [4.69, 9.17) is 5.11 Å². The molecule has 2 aliphatic rings. The molecule has 11 heteroatoms. The van der Waals surface area contributed by atoms with Gasteiger partial charge in [0.05, 0.1) is 12.6 Å². The van der Waals surface area contributed by atoms with Gasteiger partial charge in [-0.3, -0.25) is 9.59 Å². The topological polar surface area (TPSA) is 104 Å². The molecule has 0 saturated carbocycles. The molecule has 122 valence electrons. The molecule has 2 saturated heterocycles. The highest BCUT2D eigenvalue weighted by atomic mass is 19.4. The molecular weight excluding hydrogens is 313 g/mol. The molecule has 1 N–H and O–H groups in total. The Bertz CT molecular complexity index is 548. The van der Waals surface area contributed by atoms with E-state index in [-0.39, 0.29) is 6.61 Å². The van der Waals surface area contributed by atoms with Crippen molar-refractivity contribution in [1.29, 1.82) is 0 Å². The first-order valence-corrected chi connectivity index (χ1v) is 6.21. The van der Waals surface area contributed by atoms with Crippen molar-refractivity contribution < 1.29 is 42.2 Å². The van der Waals surface area contributed by atoms with Crippen molar-refractivity contribution in [3.8, 4) is 0 Å². The van der Waals surface area contributed by atoms with E-state index in [9.17, 15) is 32.3 Å². The van der Waals surface area contributed by atoms with Crippen LogP contribution in [-0.2, 0) is 19.1 Å². The molecule has 22 heavy (non-hydrogen) atoms. The Kier molecular flexibility index (Phi) is 3.75. The van der Waals surface area contributed by atoms with Gasteiger partial charge in [-0.25, -0.2) is 14.5 Å². The molecule has 2 amide bonds. The van der Waals surface area contributed by atoms with Crippen LogP contribution < -0.4 is 0 Å². The van der Waals surface area contributed by atoms with E-state index < -0.39 is 59.5 Å². The van der Waals surface area contributed by atoms with Crippen LogP contribution in [0.15, 0.2) is 0 Å². The van der Waals surface area contributed by atoms with Crippen LogP contribution in [0.5, 0.6) is 0 Å². The second-order valence-corrected chi connectivity index (χ2v) is 4.71. The fraction of sp³-hybridized carbons (Fsp3) is 0.636. The number of hydrogen-bond acceptors (Lipinski definition) is 5. The number of carbonyl (C=O) groups is 4. The van der Waals surface area contributed by atoms with Crippen molar-refractivity contribution >= 4 is 23.8 Å².